The van der Waals surface area contributed by atoms with E-state index in [0.717, 1.165) is 0 Å². The number of hydrogen-bond acceptors (Lipinski definition) is 3. The summed E-state index contributed by atoms with van der Waals surface area (Å²) in [6.07, 6.45) is 0.714. The SMILES string of the molecule is CC(C)(C)Cc1oc(=O)oc1C(C)(C)C. The highest BCUT2D eigenvalue weighted by Gasteiger charge is 2.28. The Bertz CT molecular complexity index is 382. The quantitative estimate of drug-likeness (QED) is 0.718. The van der Waals surface area contributed by atoms with E-state index in [2.05, 4.69) is 20.8 Å². The van der Waals surface area contributed by atoms with Crippen molar-refractivity contribution in [2.24, 2.45) is 5.41 Å². The largest absolute Gasteiger partial charge is 0.519 e. The van der Waals surface area contributed by atoms with Gasteiger partial charge < -0.3 is 8.83 Å². The minimum atomic E-state index is -0.598. The van der Waals surface area contributed by atoms with Crippen LogP contribution in [-0.4, -0.2) is 0 Å². The molecule has 0 aliphatic carbocycles. The van der Waals surface area contributed by atoms with Gasteiger partial charge in [-0.25, -0.2) is 4.79 Å². The molecule has 0 amide bonds. The molecule has 1 aromatic heterocycles. The van der Waals surface area contributed by atoms with Gasteiger partial charge in [0.05, 0.1) is 0 Å². The van der Waals surface area contributed by atoms with Crippen LogP contribution in [0.1, 0.15) is 53.1 Å². The Labute approximate surface area is 90.5 Å². The van der Waals surface area contributed by atoms with Crippen molar-refractivity contribution in [2.75, 3.05) is 0 Å². The van der Waals surface area contributed by atoms with E-state index in [1.165, 1.54) is 0 Å². The molecule has 0 aliphatic rings. The van der Waals surface area contributed by atoms with Crippen molar-refractivity contribution < 1.29 is 8.83 Å². The Morgan fingerprint density at radius 2 is 1.53 bits per heavy atom. The summed E-state index contributed by atoms with van der Waals surface area (Å²) < 4.78 is 10.2. The van der Waals surface area contributed by atoms with Gasteiger partial charge in [0.1, 0.15) is 0 Å². The average Bonchev–Trinajstić information content (AvgIpc) is 2.25. The van der Waals surface area contributed by atoms with Crippen molar-refractivity contribution >= 4 is 0 Å². The predicted octanol–water partition coefficient (Wildman–Crippen LogP) is 3.12. The smallest absolute Gasteiger partial charge is 0.396 e. The van der Waals surface area contributed by atoms with E-state index in [-0.39, 0.29) is 10.8 Å². The number of hydrogen-bond donors (Lipinski definition) is 0. The van der Waals surface area contributed by atoms with E-state index in [1.807, 2.05) is 20.8 Å². The molecule has 0 saturated carbocycles. The molecular weight excluding hydrogens is 192 g/mol. The third-order valence-corrected chi connectivity index (χ3v) is 2.02. The van der Waals surface area contributed by atoms with Crippen LogP contribution in [0.4, 0.5) is 0 Å². The highest BCUT2D eigenvalue weighted by atomic mass is 16.6. The lowest BCUT2D eigenvalue weighted by Crippen LogP contribution is -2.16. The molecule has 0 spiro atoms. The monoisotopic (exact) mass is 212 g/mol. The van der Waals surface area contributed by atoms with Crippen molar-refractivity contribution in [3.63, 3.8) is 0 Å². The molecule has 0 radical (unpaired) electrons. The third kappa shape index (κ3) is 3.26. The van der Waals surface area contributed by atoms with Gasteiger partial charge in [-0.05, 0) is 5.41 Å². The van der Waals surface area contributed by atoms with Crippen LogP contribution in [0.2, 0.25) is 0 Å². The van der Waals surface area contributed by atoms with E-state index < -0.39 is 5.82 Å². The van der Waals surface area contributed by atoms with Gasteiger partial charge in [-0.15, -0.1) is 0 Å². The average molecular weight is 212 g/mol. The molecule has 0 aromatic carbocycles. The second kappa shape index (κ2) is 3.54. The molecule has 86 valence electrons. The number of rotatable bonds is 1. The first-order chi connectivity index (χ1) is 6.59. The standard InChI is InChI=1S/C12H20O3/c1-11(2,3)7-8-9(12(4,5)6)15-10(13)14-8/h7H2,1-6H3. The second-order valence-corrected chi connectivity index (χ2v) is 6.19. The Morgan fingerprint density at radius 3 is 1.93 bits per heavy atom. The molecule has 0 atom stereocenters. The van der Waals surface area contributed by atoms with Gasteiger partial charge in [0.15, 0.2) is 11.5 Å². The summed E-state index contributed by atoms with van der Waals surface area (Å²) in [5.41, 5.74) is -0.105. The van der Waals surface area contributed by atoms with Gasteiger partial charge in [0.2, 0.25) is 0 Å². The van der Waals surface area contributed by atoms with E-state index >= 15 is 0 Å². The molecule has 1 aromatic rings. The normalized spacial score (nSPS) is 13.2. The molecule has 15 heavy (non-hydrogen) atoms. The minimum Gasteiger partial charge on any atom is -0.396 e. The van der Waals surface area contributed by atoms with Crippen LogP contribution < -0.4 is 5.82 Å². The van der Waals surface area contributed by atoms with Crippen molar-refractivity contribution in [3.8, 4) is 0 Å². The molecule has 1 heterocycles. The second-order valence-electron chi connectivity index (χ2n) is 6.19. The van der Waals surface area contributed by atoms with Crippen LogP contribution in [-0.2, 0) is 11.8 Å². The summed E-state index contributed by atoms with van der Waals surface area (Å²) >= 11 is 0. The van der Waals surface area contributed by atoms with E-state index in [0.29, 0.717) is 17.9 Å². The minimum absolute atomic E-state index is 0.0831. The van der Waals surface area contributed by atoms with Crippen LogP contribution in [0, 0.1) is 5.41 Å². The molecule has 0 fully saturated rings. The summed E-state index contributed by atoms with van der Waals surface area (Å²) in [4.78, 5) is 11.1. The van der Waals surface area contributed by atoms with E-state index in [1.54, 1.807) is 0 Å². The Balaban J connectivity index is 3.13. The lowest BCUT2D eigenvalue weighted by atomic mass is 9.85. The summed E-state index contributed by atoms with van der Waals surface area (Å²) in [6.45, 7) is 12.3. The summed E-state index contributed by atoms with van der Waals surface area (Å²) in [5.74, 6) is 0.751. The third-order valence-electron chi connectivity index (χ3n) is 2.02. The Hall–Kier alpha value is -0.990. The lowest BCUT2D eigenvalue weighted by molar-refractivity contribution is 0.331. The maximum atomic E-state index is 11.1. The first kappa shape index (κ1) is 12.1. The fraction of sp³-hybridized carbons (Fsp3) is 0.750. The maximum absolute atomic E-state index is 11.1. The zero-order chi connectivity index (χ0) is 11.9. The van der Waals surface area contributed by atoms with Crippen LogP contribution in [0.5, 0.6) is 0 Å². The van der Waals surface area contributed by atoms with Crippen LogP contribution in [0.25, 0.3) is 0 Å². The molecule has 0 aliphatic heterocycles. The van der Waals surface area contributed by atoms with Gasteiger partial charge in [-0.1, -0.05) is 41.5 Å². The van der Waals surface area contributed by atoms with Gasteiger partial charge in [-0.2, -0.15) is 0 Å². The molecule has 0 N–H and O–H groups in total. The predicted molar refractivity (Wildman–Crippen MR) is 59.1 cm³/mol. The van der Waals surface area contributed by atoms with Crippen molar-refractivity contribution in [1.82, 2.24) is 0 Å². The van der Waals surface area contributed by atoms with Gasteiger partial charge in [0.25, 0.3) is 0 Å². The fourth-order valence-corrected chi connectivity index (χ4v) is 1.48. The summed E-state index contributed by atoms with van der Waals surface area (Å²) in [6, 6.07) is 0. The Kier molecular flexibility index (Phi) is 2.85. The summed E-state index contributed by atoms with van der Waals surface area (Å²) in [7, 11) is 0. The van der Waals surface area contributed by atoms with Crippen LogP contribution >= 0.6 is 0 Å². The van der Waals surface area contributed by atoms with Gasteiger partial charge >= 0.3 is 5.82 Å². The molecular formula is C12H20O3. The molecule has 0 bridgehead atoms. The van der Waals surface area contributed by atoms with Crippen LogP contribution in [0.15, 0.2) is 13.6 Å². The van der Waals surface area contributed by atoms with Gasteiger partial charge in [0, 0.05) is 11.8 Å². The first-order valence-corrected chi connectivity index (χ1v) is 5.23. The lowest BCUT2D eigenvalue weighted by Gasteiger charge is -2.20. The van der Waals surface area contributed by atoms with Crippen molar-refractivity contribution in [2.45, 2.75) is 53.4 Å². The van der Waals surface area contributed by atoms with Gasteiger partial charge in [-0.3, -0.25) is 0 Å². The molecule has 1 rings (SSSR count). The zero-order valence-electron chi connectivity index (χ0n) is 10.4. The molecule has 3 heteroatoms. The van der Waals surface area contributed by atoms with Crippen LogP contribution in [0.3, 0.4) is 0 Å². The highest BCUT2D eigenvalue weighted by molar-refractivity contribution is 5.14. The Morgan fingerprint density at radius 1 is 1.00 bits per heavy atom. The molecule has 0 saturated heterocycles. The van der Waals surface area contributed by atoms with E-state index in [4.69, 9.17) is 8.83 Å². The van der Waals surface area contributed by atoms with E-state index in [9.17, 15) is 4.79 Å². The zero-order valence-corrected chi connectivity index (χ0v) is 10.4. The van der Waals surface area contributed by atoms with Crippen molar-refractivity contribution in [1.29, 1.82) is 0 Å². The topological polar surface area (TPSA) is 43.4 Å². The van der Waals surface area contributed by atoms with Crippen molar-refractivity contribution in [3.05, 3.63) is 22.1 Å². The molecule has 0 unspecified atom stereocenters. The highest BCUT2D eigenvalue weighted by Crippen LogP contribution is 2.29. The maximum Gasteiger partial charge on any atom is 0.519 e. The fourth-order valence-electron chi connectivity index (χ4n) is 1.48. The first-order valence-electron chi connectivity index (χ1n) is 5.23. The molecule has 3 nitrogen and oxygen atoms in total. The summed E-state index contributed by atoms with van der Waals surface area (Å²) in [5, 5.41) is 0.